The monoisotopic (exact) mass is 778 g/mol. The Morgan fingerprint density at radius 3 is 1.57 bits per heavy atom. The summed E-state index contributed by atoms with van der Waals surface area (Å²) >= 11 is 0. The number of hydrogen-bond acceptors (Lipinski definition) is 8. The van der Waals surface area contributed by atoms with Crippen molar-refractivity contribution in [2.45, 2.75) is 148 Å². The van der Waals surface area contributed by atoms with Crippen molar-refractivity contribution in [3.8, 4) is 0 Å². The molecule has 0 bridgehead atoms. The first-order valence-electron chi connectivity index (χ1n) is 20.6. The number of phosphoric ester groups is 1. The molecule has 2 unspecified atom stereocenters. The molecule has 310 valence electrons. The number of unbranched alkanes of at least 4 members (excludes halogenated alkanes) is 10. The van der Waals surface area contributed by atoms with E-state index in [4.69, 9.17) is 18.5 Å². The van der Waals surface area contributed by atoms with E-state index in [1.807, 2.05) is 21.1 Å². The van der Waals surface area contributed by atoms with E-state index < -0.39 is 32.5 Å². The molecule has 0 aliphatic heterocycles. The second kappa shape index (κ2) is 36.1. The van der Waals surface area contributed by atoms with Gasteiger partial charge in [-0.15, -0.1) is 0 Å². The lowest BCUT2D eigenvalue weighted by Crippen LogP contribution is -2.37. The number of phosphoric acid groups is 1. The first-order chi connectivity index (χ1) is 26.0. The van der Waals surface area contributed by atoms with Crippen LogP contribution in [0.15, 0.2) is 72.9 Å². The smallest absolute Gasteiger partial charge is 0.306 e. The molecule has 0 saturated heterocycles. The predicted octanol–water partition coefficient (Wildman–Crippen LogP) is 10.8. The summed E-state index contributed by atoms with van der Waals surface area (Å²) in [6.45, 7) is 4.01. The van der Waals surface area contributed by atoms with Gasteiger partial charge >= 0.3 is 11.9 Å². The fraction of sp³-hybridized carbons (Fsp3) is 0.682. The molecular formula is C44H76NO8P. The standard InChI is InChI=1S/C44H76NO8P/c1-6-8-10-12-14-16-17-18-19-20-21-22-23-24-25-26-27-29-31-33-35-37-44(47)53-42(41-52-54(48,49)51-39-38-45(3,4)5)40-50-43(46)36-34-32-30-28-15-13-11-9-7-2/h8,10,14,16,18-19,21-22,24-25,27,29,42H,6-7,9,11-13,15,17,20,23,26,28,30-41H2,1-5H3/b10-8-,16-14-,19-18-,22-21-,25-24-,29-27-. The van der Waals surface area contributed by atoms with Gasteiger partial charge in [-0.1, -0.05) is 138 Å². The molecule has 0 spiro atoms. The SMILES string of the molecule is CC/C=C\C/C=C\C/C=C\C/C=C\C/C=C\C/C=C\CCCCC(=O)OC(COC(=O)CCCCCCCCCCC)COP(=O)([O-])OCC[N+](C)(C)C. The maximum Gasteiger partial charge on any atom is 0.306 e. The number of hydrogen-bond donors (Lipinski definition) is 0. The number of quaternary nitrogens is 1. The molecule has 0 aromatic heterocycles. The Bertz CT molecular complexity index is 1150. The summed E-state index contributed by atoms with van der Waals surface area (Å²) in [6, 6.07) is 0. The highest BCUT2D eigenvalue weighted by atomic mass is 31.2. The molecule has 0 aliphatic rings. The number of carbonyl (C=O) groups is 2. The first-order valence-corrected chi connectivity index (χ1v) is 22.1. The van der Waals surface area contributed by atoms with Crippen molar-refractivity contribution in [1.29, 1.82) is 0 Å². The van der Waals surface area contributed by atoms with E-state index in [-0.39, 0.29) is 26.1 Å². The van der Waals surface area contributed by atoms with Gasteiger partial charge in [0.1, 0.15) is 19.8 Å². The van der Waals surface area contributed by atoms with Gasteiger partial charge in [0, 0.05) is 12.8 Å². The second-order valence-corrected chi connectivity index (χ2v) is 16.0. The van der Waals surface area contributed by atoms with Gasteiger partial charge < -0.3 is 27.9 Å². The zero-order chi connectivity index (χ0) is 40.0. The topological polar surface area (TPSA) is 111 Å². The van der Waals surface area contributed by atoms with E-state index in [0.29, 0.717) is 17.4 Å². The highest BCUT2D eigenvalue weighted by Crippen LogP contribution is 2.38. The Labute approximate surface area is 329 Å². The summed E-state index contributed by atoms with van der Waals surface area (Å²) in [7, 11) is 1.12. The summed E-state index contributed by atoms with van der Waals surface area (Å²) in [5.74, 6) is -0.895. The van der Waals surface area contributed by atoms with Gasteiger partial charge in [0.15, 0.2) is 6.10 Å². The highest BCUT2D eigenvalue weighted by Gasteiger charge is 2.21. The first kappa shape index (κ1) is 51.5. The summed E-state index contributed by atoms with van der Waals surface area (Å²) in [4.78, 5) is 37.3. The molecule has 0 rings (SSSR count). The van der Waals surface area contributed by atoms with Gasteiger partial charge in [0.25, 0.3) is 7.82 Å². The maximum atomic E-state index is 12.6. The summed E-state index contributed by atoms with van der Waals surface area (Å²) in [5.41, 5.74) is 0. The number of esters is 2. The molecule has 10 heteroatoms. The Hall–Kier alpha value is -2.55. The minimum Gasteiger partial charge on any atom is -0.756 e. The molecule has 0 saturated carbocycles. The van der Waals surface area contributed by atoms with E-state index in [2.05, 4.69) is 86.8 Å². The normalized spacial score (nSPS) is 14.4. The van der Waals surface area contributed by atoms with Crippen LogP contribution >= 0.6 is 7.82 Å². The van der Waals surface area contributed by atoms with E-state index in [9.17, 15) is 19.0 Å². The average Bonchev–Trinajstić information content (AvgIpc) is 3.12. The van der Waals surface area contributed by atoms with Crippen molar-refractivity contribution in [2.24, 2.45) is 0 Å². The van der Waals surface area contributed by atoms with Crippen LogP contribution in [0.25, 0.3) is 0 Å². The molecule has 0 fully saturated rings. The zero-order valence-electron chi connectivity index (χ0n) is 34.6. The number of likely N-dealkylation sites (N-methyl/N-ethyl adjacent to an activating group) is 1. The van der Waals surface area contributed by atoms with Crippen LogP contribution in [0.3, 0.4) is 0 Å². The lowest BCUT2D eigenvalue weighted by molar-refractivity contribution is -0.870. The van der Waals surface area contributed by atoms with Crippen molar-refractivity contribution in [1.82, 2.24) is 0 Å². The second-order valence-electron chi connectivity index (χ2n) is 14.6. The van der Waals surface area contributed by atoms with Gasteiger partial charge in [0.2, 0.25) is 0 Å². The number of allylic oxidation sites excluding steroid dienone is 12. The molecule has 0 amide bonds. The van der Waals surface area contributed by atoms with E-state index in [0.717, 1.165) is 70.6 Å². The van der Waals surface area contributed by atoms with Crippen LogP contribution < -0.4 is 4.89 Å². The van der Waals surface area contributed by atoms with Crippen LogP contribution in [0.2, 0.25) is 0 Å². The van der Waals surface area contributed by atoms with Gasteiger partial charge in [-0.2, -0.15) is 0 Å². The third-order valence-corrected chi connectivity index (χ3v) is 9.21. The summed E-state index contributed by atoms with van der Waals surface area (Å²) in [6.07, 6.45) is 43.7. The Morgan fingerprint density at radius 1 is 0.593 bits per heavy atom. The van der Waals surface area contributed by atoms with Gasteiger partial charge in [0.05, 0.1) is 27.7 Å². The molecular weight excluding hydrogens is 701 g/mol. The third kappa shape index (κ3) is 39.2. The van der Waals surface area contributed by atoms with Crippen LogP contribution in [0.5, 0.6) is 0 Å². The van der Waals surface area contributed by atoms with Crippen LogP contribution in [-0.4, -0.2) is 70.0 Å². The predicted molar refractivity (Wildman–Crippen MR) is 222 cm³/mol. The van der Waals surface area contributed by atoms with E-state index in [1.54, 1.807) is 0 Å². The van der Waals surface area contributed by atoms with Crippen molar-refractivity contribution < 1.29 is 42.1 Å². The van der Waals surface area contributed by atoms with Crippen molar-refractivity contribution >= 4 is 19.8 Å². The fourth-order valence-corrected chi connectivity index (χ4v) is 5.74. The molecule has 0 N–H and O–H groups in total. The minimum absolute atomic E-state index is 0.0424. The minimum atomic E-state index is -4.63. The average molecular weight is 778 g/mol. The van der Waals surface area contributed by atoms with Crippen molar-refractivity contribution in [3.05, 3.63) is 72.9 Å². The van der Waals surface area contributed by atoms with E-state index >= 15 is 0 Å². The molecule has 0 aliphatic carbocycles. The summed E-state index contributed by atoms with van der Waals surface area (Å²) in [5, 5.41) is 0. The Kier molecular flexibility index (Phi) is 34.4. The number of carbonyl (C=O) groups excluding carboxylic acids is 2. The molecule has 0 heterocycles. The van der Waals surface area contributed by atoms with Crippen LogP contribution in [0.1, 0.15) is 142 Å². The van der Waals surface area contributed by atoms with Gasteiger partial charge in [-0.05, 0) is 64.2 Å². The number of rotatable bonds is 36. The maximum absolute atomic E-state index is 12.6. The van der Waals surface area contributed by atoms with Gasteiger partial charge in [-0.3, -0.25) is 14.2 Å². The number of ether oxygens (including phenoxy) is 2. The quantitative estimate of drug-likeness (QED) is 0.0203. The van der Waals surface area contributed by atoms with Crippen molar-refractivity contribution in [2.75, 3.05) is 47.5 Å². The number of nitrogens with zero attached hydrogens (tertiary/aromatic N) is 1. The summed E-state index contributed by atoms with van der Waals surface area (Å²) < 4.78 is 33.7. The van der Waals surface area contributed by atoms with Crippen molar-refractivity contribution in [3.63, 3.8) is 0 Å². The van der Waals surface area contributed by atoms with E-state index in [1.165, 1.54) is 38.5 Å². The molecule has 2 atom stereocenters. The molecule has 0 radical (unpaired) electrons. The lowest BCUT2D eigenvalue weighted by atomic mass is 10.1. The third-order valence-electron chi connectivity index (χ3n) is 8.24. The Balaban J connectivity index is 4.46. The zero-order valence-corrected chi connectivity index (χ0v) is 35.5. The van der Waals surface area contributed by atoms with Crippen LogP contribution in [0.4, 0.5) is 0 Å². The molecule has 0 aromatic carbocycles. The van der Waals surface area contributed by atoms with Crippen LogP contribution in [-0.2, 0) is 32.7 Å². The fourth-order valence-electron chi connectivity index (χ4n) is 5.01. The van der Waals surface area contributed by atoms with Gasteiger partial charge in [-0.25, -0.2) is 0 Å². The Morgan fingerprint density at radius 2 is 1.06 bits per heavy atom. The largest absolute Gasteiger partial charge is 0.756 e. The molecule has 9 nitrogen and oxygen atoms in total. The lowest BCUT2D eigenvalue weighted by Gasteiger charge is -2.28. The molecule has 0 aromatic rings. The highest BCUT2D eigenvalue weighted by molar-refractivity contribution is 7.45. The molecule has 54 heavy (non-hydrogen) atoms. The van der Waals surface area contributed by atoms with Crippen LogP contribution in [0, 0.1) is 0 Å².